The number of aliphatic hydroxyl groups excluding tert-OH is 1. The molecule has 1 unspecified atom stereocenters. The Morgan fingerprint density at radius 3 is 2.86 bits per heavy atom. The predicted octanol–water partition coefficient (Wildman–Crippen LogP) is 3.48. The molecule has 114 valence electrons. The Hall–Kier alpha value is -2.00. The number of ether oxygens (including phenoxy) is 1. The third kappa shape index (κ3) is 3.42. The average Bonchev–Trinajstić information content (AvgIpc) is 2.52. The van der Waals surface area contributed by atoms with Gasteiger partial charge in [0.2, 0.25) is 0 Å². The molecule has 1 aromatic heterocycles. The molecule has 0 aliphatic heterocycles. The van der Waals surface area contributed by atoms with Crippen LogP contribution in [0.2, 0.25) is 5.02 Å². The summed E-state index contributed by atoms with van der Waals surface area (Å²) in [6, 6.07) is 6.69. The zero-order chi connectivity index (χ0) is 16.1. The Balaban J connectivity index is 2.49. The van der Waals surface area contributed by atoms with Crippen LogP contribution >= 0.6 is 11.6 Å². The second-order valence-corrected chi connectivity index (χ2v) is 4.97. The third-order valence-corrected chi connectivity index (χ3v) is 3.47. The van der Waals surface area contributed by atoms with Crippen molar-refractivity contribution in [1.29, 1.82) is 5.26 Å². The molecule has 2 rings (SSSR count). The number of aromatic nitrogens is 1. The van der Waals surface area contributed by atoms with Crippen molar-refractivity contribution in [3.8, 4) is 17.2 Å². The standard InChI is InChI=1S/C16H14ClFN2O2/c1-2-22-9-15(21)16-12(7-20-8-14(16)18)10-3-4-11(6-19)13(17)5-10/h3-5,7-8,15,21H,2,9H2,1H3. The summed E-state index contributed by atoms with van der Waals surface area (Å²) in [4.78, 5) is 3.82. The van der Waals surface area contributed by atoms with E-state index < -0.39 is 11.9 Å². The SMILES string of the molecule is CCOCC(O)c1c(F)cncc1-c1ccc(C#N)c(Cl)c1. The van der Waals surface area contributed by atoms with Crippen LogP contribution in [0.1, 0.15) is 24.2 Å². The second kappa shape index (κ2) is 7.32. The Morgan fingerprint density at radius 2 is 2.23 bits per heavy atom. The number of pyridine rings is 1. The first-order chi connectivity index (χ1) is 10.6. The maximum absolute atomic E-state index is 14.1. The highest BCUT2D eigenvalue weighted by molar-refractivity contribution is 6.32. The van der Waals surface area contributed by atoms with Crippen molar-refractivity contribution in [1.82, 2.24) is 4.98 Å². The zero-order valence-electron chi connectivity index (χ0n) is 11.9. The van der Waals surface area contributed by atoms with Gasteiger partial charge in [-0.25, -0.2) is 4.39 Å². The lowest BCUT2D eigenvalue weighted by atomic mass is 9.97. The van der Waals surface area contributed by atoms with Crippen LogP contribution in [-0.4, -0.2) is 23.3 Å². The number of nitrogens with zero attached hydrogens (tertiary/aromatic N) is 2. The number of nitriles is 1. The van der Waals surface area contributed by atoms with Crippen LogP contribution < -0.4 is 0 Å². The van der Waals surface area contributed by atoms with Gasteiger partial charge in [0.15, 0.2) is 0 Å². The van der Waals surface area contributed by atoms with Crippen molar-refractivity contribution in [3.63, 3.8) is 0 Å². The lowest BCUT2D eigenvalue weighted by molar-refractivity contribution is 0.0404. The molecule has 0 aliphatic carbocycles. The molecule has 0 aliphatic rings. The smallest absolute Gasteiger partial charge is 0.147 e. The molecule has 1 atom stereocenters. The van der Waals surface area contributed by atoms with Gasteiger partial charge in [0.05, 0.1) is 23.4 Å². The van der Waals surface area contributed by atoms with E-state index in [9.17, 15) is 9.50 Å². The Kier molecular flexibility index (Phi) is 5.45. The van der Waals surface area contributed by atoms with Crippen molar-refractivity contribution in [2.45, 2.75) is 13.0 Å². The summed E-state index contributed by atoms with van der Waals surface area (Å²) in [5.74, 6) is -0.620. The van der Waals surface area contributed by atoms with Gasteiger partial charge in [0, 0.05) is 23.9 Å². The highest BCUT2D eigenvalue weighted by Gasteiger charge is 2.19. The van der Waals surface area contributed by atoms with Gasteiger partial charge in [-0.15, -0.1) is 0 Å². The van der Waals surface area contributed by atoms with E-state index in [1.165, 1.54) is 6.20 Å². The van der Waals surface area contributed by atoms with E-state index in [1.54, 1.807) is 25.1 Å². The molecular weight excluding hydrogens is 307 g/mol. The van der Waals surface area contributed by atoms with Gasteiger partial charge < -0.3 is 9.84 Å². The van der Waals surface area contributed by atoms with Crippen molar-refractivity contribution in [2.75, 3.05) is 13.2 Å². The lowest BCUT2D eigenvalue weighted by Gasteiger charge is -2.16. The summed E-state index contributed by atoms with van der Waals surface area (Å²) >= 11 is 6.01. The number of hydrogen-bond acceptors (Lipinski definition) is 4. The first kappa shape index (κ1) is 16.4. The summed E-state index contributed by atoms with van der Waals surface area (Å²) < 4.78 is 19.2. The maximum Gasteiger partial charge on any atom is 0.147 e. The molecule has 0 fully saturated rings. The molecular formula is C16H14ClFN2O2. The topological polar surface area (TPSA) is 66.1 Å². The molecule has 1 N–H and O–H groups in total. The summed E-state index contributed by atoms with van der Waals surface area (Å²) in [5, 5.41) is 19.3. The fraction of sp³-hybridized carbons (Fsp3) is 0.250. The van der Waals surface area contributed by atoms with Gasteiger partial charge >= 0.3 is 0 Å². The van der Waals surface area contributed by atoms with E-state index in [0.717, 1.165) is 6.20 Å². The zero-order valence-corrected chi connectivity index (χ0v) is 12.6. The molecule has 2 aromatic rings. The van der Waals surface area contributed by atoms with Crippen LogP contribution in [0.4, 0.5) is 4.39 Å². The van der Waals surface area contributed by atoms with Gasteiger partial charge in [0.1, 0.15) is 18.0 Å². The summed E-state index contributed by atoms with van der Waals surface area (Å²) in [6.07, 6.45) is 1.37. The van der Waals surface area contributed by atoms with E-state index >= 15 is 0 Å². The van der Waals surface area contributed by atoms with E-state index in [-0.39, 0.29) is 17.2 Å². The molecule has 0 radical (unpaired) electrons. The van der Waals surface area contributed by atoms with E-state index in [4.69, 9.17) is 21.6 Å². The average molecular weight is 321 g/mol. The minimum absolute atomic E-state index is 0.0194. The molecule has 4 nitrogen and oxygen atoms in total. The maximum atomic E-state index is 14.1. The van der Waals surface area contributed by atoms with Gasteiger partial charge in [-0.1, -0.05) is 17.7 Å². The van der Waals surface area contributed by atoms with E-state index in [1.807, 2.05) is 6.07 Å². The van der Waals surface area contributed by atoms with Crippen LogP contribution in [0.15, 0.2) is 30.6 Å². The Bertz CT molecular complexity index is 716. The quantitative estimate of drug-likeness (QED) is 0.916. The number of benzene rings is 1. The molecule has 1 heterocycles. The van der Waals surface area contributed by atoms with Gasteiger partial charge in [0.25, 0.3) is 0 Å². The first-order valence-corrected chi connectivity index (χ1v) is 7.05. The Morgan fingerprint density at radius 1 is 1.45 bits per heavy atom. The molecule has 0 saturated heterocycles. The molecule has 6 heteroatoms. The number of hydrogen-bond donors (Lipinski definition) is 1. The van der Waals surface area contributed by atoms with Crippen LogP contribution in [0.5, 0.6) is 0 Å². The molecule has 22 heavy (non-hydrogen) atoms. The minimum Gasteiger partial charge on any atom is -0.386 e. The number of halogens is 2. The number of aliphatic hydroxyl groups is 1. The van der Waals surface area contributed by atoms with Crippen LogP contribution in [-0.2, 0) is 4.74 Å². The first-order valence-electron chi connectivity index (χ1n) is 6.67. The van der Waals surface area contributed by atoms with Crippen LogP contribution in [0.25, 0.3) is 11.1 Å². The van der Waals surface area contributed by atoms with Crippen LogP contribution in [0, 0.1) is 17.1 Å². The summed E-state index contributed by atoms with van der Waals surface area (Å²) in [7, 11) is 0. The lowest BCUT2D eigenvalue weighted by Crippen LogP contribution is -2.11. The fourth-order valence-corrected chi connectivity index (χ4v) is 2.32. The Labute approximate surface area is 132 Å². The summed E-state index contributed by atoms with van der Waals surface area (Å²) in [5.41, 5.74) is 1.41. The molecule has 0 spiro atoms. The van der Waals surface area contributed by atoms with E-state index in [2.05, 4.69) is 4.98 Å². The van der Waals surface area contributed by atoms with Crippen molar-refractivity contribution >= 4 is 11.6 Å². The number of rotatable bonds is 5. The second-order valence-electron chi connectivity index (χ2n) is 4.56. The molecule has 0 bridgehead atoms. The monoisotopic (exact) mass is 320 g/mol. The summed E-state index contributed by atoms with van der Waals surface area (Å²) in [6.45, 7) is 2.19. The normalized spacial score (nSPS) is 12.0. The van der Waals surface area contributed by atoms with E-state index in [0.29, 0.717) is 23.3 Å². The van der Waals surface area contributed by atoms with Crippen LogP contribution in [0.3, 0.4) is 0 Å². The minimum atomic E-state index is -1.12. The predicted molar refractivity (Wildman–Crippen MR) is 80.8 cm³/mol. The molecule has 0 amide bonds. The molecule has 1 aromatic carbocycles. The fourth-order valence-electron chi connectivity index (χ4n) is 2.10. The largest absolute Gasteiger partial charge is 0.386 e. The van der Waals surface area contributed by atoms with Crippen molar-refractivity contribution in [2.24, 2.45) is 0 Å². The highest BCUT2D eigenvalue weighted by Crippen LogP contribution is 2.32. The van der Waals surface area contributed by atoms with Gasteiger partial charge in [-0.05, 0) is 24.6 Å². The van der Waals surface area contributed by atoms with Gasteiger partial charge in [-0.3, -0.25) is 4.98 Å². The van der Waals surface area contributed by atoms with Crippen molar-refractivity contribution in [3.05, 3.63) is 52.6 Å². The van der Waals surface area contributed by atoms with Crippen molar-refractivity contribution < 1.29 is 14.2 Å². The van der Waals surface area contributed by atoms with Gasteiger partial charge in [-0.2, -0.15) is 5.26 Å². The third-order valence-electron chi connectivity index (χ3n) is 3.15. The highest BCUT2D eigenvalue weighted by atomic mass is 35.5. The molecule has 0 saturated carbocycles.